The van der Waals surface area contributed by atoms with E-state index in [-0.39, 0.29) is 11.9 Å². The summed E-state index contributed by atoms with van der Waals surface area (Å²) in [6.45, 7) is 4.70. The van der Waals surface area contributed by atoms with Crippen molar-refractivity contribution in [2.75, 3.05) is 19.6 Å². The van der Waals surface area contributed by atoms with Crippen molar-refractivity contribution in [3.05, 3.63) is 77.9 Å². The molecule has 1 N–H and O–H groups in total. The van der Waals surface area contributed by atoms with Gasteiger partial charge in [0.2, 0.25) is 0 Å². The molecule has 6 heteroatoms. The second-order valence-corrected chi connectivity index (χ2v) is 7.26. The van der Waals surface area contributed by atoms with E-state index < -0.39 is 0 Å². The minimum Gasteiger partial charge on any atom is -0.350 e. The molecule has 1 amide bonds. The minimum atomic E-state index is -0.0590. The first-order valence-electron chi connectivity index (χ1n) is 9.74. The fraction of sp³-hybridized carbons (Fsp3) is 0.318. The van der Waals surface area contributed by atoms with Crippen LogP contribution in [0.4, 0.5) is 0 Å². The van der Waals surface area contributed by atoms with Gasteiger partial charge in [0.05, 0.1) is 17.9 Å². The molecule has 0 saturated carbocycles. The van der Waals surface area contributed by atoms with Gasteiger partial charge in [0.25, 0.3) is 5.91 Å². The highest BCUT2D eigenvalue weighted by molar-refractivity contribution is 5.94. The van der Waals surface area contributed by atoms with E-state index >= 15 is 0 Å². The molecule has 28 heavy (non-hydrogen) atoms. The van der Waals surface area contributed by atoms with E-state index in [4.69, 9.17) is 0 Å². The molecule has 0 aliphatic carbocycles. The van der Waals surface area contributed by atoms with E-state index in [9.17, 15) is 4.79 Å². The summed E-state index contributed by atoms with van der Waals surface area (Å²) in [4.78, 5) is 19.4. The first-order valence-corrected chi connectivity index (χ1v) is 9.74. The van der Waals surface area contributed by atoms with Gasteiger partial charge in [-0.1, -0.05) is 6.07 Å². The molecule has 1 aliphatic heterocycles. The molecule has 1 aromatic carbocycles. The van der Waals surface area contributed by atoms with Gasteiger partial charge in [-0.15, -0.1) is 0 Å². The molecule has 0 spiro atoms. The Morgan fingerprint density at radius 1 is 1.14 bits per heavy atom. The van der Waals surface area contributed by atoms with Crippen LogP contribution in [0.15, 0.2) is 61.2 Å². The number of aromatic nitrogens is 3. The molecule has 1 saturated heterocycles. The normalized spacial score (nSPS) is 15.5. The van der Waals surface area contributed by atoms with Crippen molar-refractivity contribution in [3.8, 4) is 5.69 Å². The third kappa shape index (κ3) is 4.12. The van der Waals surface area contributed by atoms with Crippen LogP contribution in [0.1, 0.15) is 40.4 Å². The van der Waals surface area contributed by atoms with Gasteiger partial charge in [-0.3, -0.25) is 14.7 Å². The fourth-order valence-electron chi connectivity index (χ4n) is 3.70. The maximum atomic E-state index is 12.7. The van der Waals surface area contributed by atoms with Gasteiger partial charge in [0.1, 0.15) is 0 Å². The van der Waals surface area contributed by atoms with Crippen LogP contribution in [0.3, 0.4) is 0 Å². The van der Waals surface area contributed by atoms with Crippen LogP contribution in [0, 0.1) is 6.92 Å². The van der Waals surface area contributed by atoms with Crippen molar-refractivity contribution in [3.63, 3.8) is 0 Å². The summed E-state index contributed by atoms with van der Waals surface area (Å²) in [6.07, 6.45) is 9.88. The Hall–Kier alpha value is -2.99. The maximum Gasteiger partial charge on any atom is 0.251 e. The van der Waals surface area contributed by atoms with Gasteiger partial charge < -0.3 is 5.32 Å². The molecular formula is C22H25N5O. The largest absolute Gasteiger partial charge is 0.350 e. The predicted molar refractivity (Wildman–Crippen MR) is 108 cm³/mol. The molecule has 3 aromatic rings. The smallest absolute Gasteiger partial charge is 0.251 e. The lowest BCUT2D eigenvalue weighted by atomic mass is 10.1. The van der Waals surface area contributed by atoms with Crippen LogP contribution < -0.4 is 5.32 Å². The van der Waals surface area contributed by atoms with Crippen molar-refractivity contribution in [1.82, 2.24) is 25.0 Å². The van der Waals surface area contributed by atoms with Crippen molar-refractivity contribution < 1.29 is 4.79 Å². The molecule has 2 aromatic heterocycles. The van der Waals surface area contributed by atoms with Crippen LogP contribution in [0.2, 0.25) is 0 Å². The monoisotopic (exact) mass is 375 g/mol. The van der Waals surface area contributed by atoms with Crippen LogP contribution in [0.5, 0.6) is 0 Å². The third-order valence-corrected chi connectivity index (χ3v) is 5.21. The molecule has 0 radical (unpaired) electrons. The Morgan fingerprint density at radius 2 is 1.93 bits per heavy atom. The summed E-state index contributed by atoms with van der Waals surface area (Å²) in [6, 6.07) is 11.7. The highest BCUT2D eigenvalue weighted by atomic mass is 16.1. The third-order valence-electron chi connectivity index (χ3n) is 5.21. The Bertz CT molecular complexity index is 914. The number of nitrogens with one attached hydrogen (secondary N) is 1. The summed E-state index contributed by atoms with van der Waals surface area (Å²) in [7, 11) is 0. The zero-order chi connectivity index (χ0) is 19.3. The molecule has 1 aliphatic rings. The van der Waals surface area contributed by atoms with Crippen molar-refractivity contribution in [2.45, 2.75) is 25.8 Å². The van der Waals surface area contributed by atoms with Gasteiger partial charge in [0.15, 0.2) is 0 Å². The number of pyridine rings is 1. The number of hydrogen-bond donors (Lipinski definition) is 1. The van der Waals surface area contributed by atoms with E-state index in [1.165, 1.54) is 12.8 Å². The van der Waals surface area contributed by atoms with Crippen molar-refractivity contribution in [2.24, 2.45) is 0 Å². The number of hydrogen-bond acceptors (Lipinski definition) is 4. The summed E-state index contributed by atoms with van der Waals surface area (Å²) in [5.74, 6) is -0.0590. The van der Waals surface area contributed by atoms with Crippen molar-refractivity contribution >= 4 is 5.91 Å². The maximum absolute atomic E-state index is 12.7. The van der Waals surface area contributed by atoms with Crippen LogP contribution >= 0.6 is 0 Å². The second-order valence-electron chi connectivity index (χ2n) is 7.26. The van der Waals surface area contributed by atoms with Crippen molar-refractivity contribution in [1.29, 1.82) is 0 Å². The zero-order valence-electron chi connectivity index (χ0n) is 16.1. The van der Waals surface area contributed by atoms with E-state index in [0.29, 0.717) is 12.1 Å². The highest BCUT2D eigenvalue weighted by Crippen LogP contribution is 2.24. The predicted octanol–water partition coefficient (Wildman–Crippen LogP) is 3.14. The van der Waals surface area contributed by atoms with E-state index in [1.807, 2.05) is 60.5 Å². The number of nitrogens with zero attached hydrogens (tertiary/aromatic N) is 4. The molecule has 6 nitrogen and oxygen atoms in total. The van der Waals surface area contributed by atoms with Gasteiger partial charge in [-0.25, -0.2) is 4.68 Å². The van der Waals surface area contributed by atoms with Gasteiger partial charge in [-0.05, 0) is 74.3 Å². The van der Waals surface area contributed by atoms with E-state index in [1.54, 1.807) is 6.20 Å². The number of benzene rings is 1. The number of amides is 1. The Morgan fingerprint density at radius 3 is 2.57 bits per heavy atom. The van der Waals surface area contributed by atoms with Gasteiger partial charge >= 0.3 is 0 Å². The Labute approximate surface area is 165 Å². The molecular weight excluding hydrogens is 350 g/mol. The lowest BCUT2D eigenvalue weighted by molar-refractivity contribution is 0.0938. The average molecular weight is 375 g/mol. The first-order chi connectivity index (χ1) is 13.7. The molecule has 0 unspecified atom stereocenters. The summed E-state index contributed by atoms with van der Waals surface area (Å²) >= 11 is 0. The van der Waals surface area contributed by atoms with Gasteiger partial charge in [-0.2, -0.15) is 5.10 Å². The lowest BCUT2D eigenvalue weighted by Gasteiger charge is -2.28. The fourth-order valence-corrected chi connectivity index (χ4v) is 3.70. The minimum absolute atomic E-state index is 0.0590. The summed E-state index contributed by atoms with van der Waals surface area (Å²) in [5.41, 5.74) is 3.84. The van der Waals surface area contributed by atoms with Crippen LogP contribution in [-0.4, -0.2) is 45.2 Å². The van der Waals surface area contributed by atoms with Crippen LogP contribution in [-0.2, 0) is 0 Å². The highest BCUT2D eigenvalue weighted by Gasteiger charge is 2.24. The Balaban J connectivity index is 1.43. The molecule has 1 atom stereocenters. The number of carbonyl (C=O) groups is 1. The standard InChI is InChI=1S/C22H25N5O/c1-17-13-25-27(16-17)20-8-6-18(7-9-20)22(28)24-15-21(26-11-2-3-12-26)19-5-4-10-23-14-19/h4-10,13-14,16,21H,2-3,11-12,15H2,1H3,(H,24,28)/t21-/m0/s1. The Kier molecular flexibility index (Phi) is 5.48. The quantitative estimate of drug-likeness (QED) is 0.719. The zero-order valence-corrected chi connectivity index (χ0v) is 16.1. The average Bonchev–Trinajstić information content (AvgIpc) is 3.41. The first kappa shape index (κ1) is 18.4. The second kappa shape index (κ2) is 8.35. The molecule has 3 heterocycles. The molecule has 1 fully saturated rings. The van der Waals surface area contributed by atoms with Gasteiger partial charge in [0, 0.05) is 30.7 Å². The SMILES string of the molecule is Cc1cnn(-c2ccc(C(=O)NC[C@@H](c3cccnc3)N3CCCC3)cc2)c1. The summed E-state index contributed by atoms with van der Waals surface area (Å²) < 4.78 is 1.81. The van der Waals surface area contributed by atoms with Crippen LogP contribution in [0.25, 0.3) is 5.69 Å². The van der Waals surface area contributed by atoms with E-state index in [2.05, 4.69) is 26.4 Å². The number of aryl methyl sites for hydroxylation is 1. The molecule has 4 rings (SSSR count). The number of likely N-dealkylation sites (tertiary alicyclic amines) is 1. The number of rotatable bonds is 6. The topological polar surface area (TPSA) is 63.1 Å². The van der Waals surface area contributed by atoms with E-state index in [0.717, 1.165) is 29.9 Å². The summed E-state index contributed by atoms with van der Waals surface area (Å²) in [5, 5.41) is 7.41. The molecule has 144 valence electrons. The molecule has 0 bridgehead atoms. The number of carbonyl (C=O) groups excluding carboxylic acids is 1. The lowest BCUT2D eigenvalue weighted by Crippen LogP contribution is -2.36.